The second-order valence-corrected chi connectivity index (χ2v) is 5.29. The molecule has 4 heteroatoms. The van der Waals surface area contributed by atoms with E-state index in [1.165, 1.54) is 0 Å². The summed E-state index contributed by atoms with van der Waals surface area (Å²) in [7, 11) is 1.69. The smallest absolute Gasteiger partial charge is 0.253 e. The van der Waals surface area contributed by atoms with Crippen molar-refractivity contribution in [2.24, 2.45) is 5.92 Å². The molecule has 0 aromatic heterocycles. The molecule has 104 valence electrons. The molecular formula is C15H21NO3. The third-order valence-corrected chi connectivity index (χ3v) is 3.92. The van der Waals surface area contributed by atoms with Crippen LogP contribution in [0.2, 0.25) is 0 Å². The molecule has 1 fully saturated rings. The zero-order chi connectivity index (χ0) is 14.0. The Morgan fingerprint density at radius 3 is 2.84 bits per heavy atom. The number of hydrogen-bond acceptors (Lipinski definition) is 3. The third kappa shape index (κ3) is 2.89. The van der Waals surface area contributed by atoms with Gasteiger partial charge in [-0.1, -0.05) is 6.92 Å². The lowest BCUT2D eigenvalue weighted by molar-refractivity contribution is -0.00156. The first kappa shape index (κ1) is 13.9. The van der Waals surface area contributed by atoms with Gasteiger partial charge in [-0.25, -0.2) is 0 Å². The zero-order valence-electron chi connectivity index (χ0n) is 11.7. The Hall–Kier alpha value is -1.55. The molecule has 1 amide bonds. The number of phenols is 1. The van der Waals surface area contributed by atoms with Crippen LogP contribution in [0.25, 0.3) is 0 Å². The van der Waals surface area contributed by atoms with Crippen LogP contribution in [0, 0.1) is 12.8 Å². The topological polar surface area (TPSA) is 49.8 Å². The number of hydrogen-bond donors (Lipinski definition) is 1. The van der Waals surface area contributed by atoms with E-state index in [9.17, 15) is 9.90 Å². The standard InChI is InChI=1S/C15H21NO3/c1-10-6-7-16(9-14(10)19-3)15(18)12-4-5-13(17)11(2)8-12/h4-5,8,10,14,17H,6-7,9H2,1-3H3. The Morgan fingerprint density at radius 2 is 2.21 bits per heavy atom. The molecule has 2 unspecified atom stereocenters. The van der Waals surface area contributed by atoms with Crippen LogP contribution in [0.1, 0.15) is 29.3 Å². The van der Waals surface area contributed by atoms with Crippen LogP contribution in [0.3, 0.4) is 0 Å². The number of carbonyl (C=O) groups is 1. The number of phenolic OH excluding ortho intramolecular Hbond substituents is 1. The minimum atomic E-state index is 0.0112. The Labute approximate surface area is 114 Å². The highest BCUT2D eigenvalue weighted by Crippen LogP contribution is 2.23. The largest absolute Gasteiger partial charge is 0.508 e. The molecular weight excluding hydrogens is 242 g/mol. The highest BCUT2D eigenvalue weighted by Gasteiger charge is 2.29. The number of nitrogens with zero attached hydrogens (tertiary/aromatic N) is 1. The molecule has 0 aliphatic carbocycles. The van der Waals surface area contributed by atoms with Gasteiger partial charge in [0.25, 0.3) is 5.91 Å². The van der Waals surface area contributed by atoms with E-state index in [1.54, 1.807) is 32.2 Å². The number of rotatable bonds is 2. The number of benzene rings is 1. The number of aromatic hydroxyl groups is 1. The lowest BCUT2D eigenvalue weighted by atomic mass is 9.95. The number of likely N-dealkylation sites (tertiary alicyclic amines) is 1. The van der Waals surface area contributed by atoms with E-state index in [-0.39, 0.29) is 17.8 Å². The van der Waals surface area contributed by atoms with Gasteiger partial charge >= 0.3 is 0 Å². The summed E-state index contributed by atoms with van der Waals surface area (Å²) in [5.74, 6) is 0.714. The van der Waals surface area contributed by atoms with Gasteiger partial charge in [0.05, 0.1) is 6.10 Å². The van der Waals surface area contributed by atoms with E-state index in [4.69, 9.17) is 4.74 Å². The monoisotopic (exact) mass is 263 g/mol. The summed E-state index contributed by atoms with van der Waals surface area (Å²) in [6.45, 7) is 5.35. The average molecular weight is 263 g/mol. The van der Waals surface area contributed by atoms with Crippen molar-refractivity contribution in [2.75, 3.05) is 20.2 Å². The van der Waals surface area contributed by atoms with Crippen molar-refractivity contribution in [3.8, 4) is 5.75 Å². The maximum atomic E-state index is 12.4. The van der Waals surface area contributed by atoms with Crippen LogP contribution >= 0.6 is 0 Å². The van der Waals surface area contributed by atoms with Crippen molar-refractivity contribution in [1.82, 2.24) is 4.90 Å². The first-order chi connectivity index (χ1) is 9.02. The molecule has 1 aromatic rings. The maximum absolute atomic E-state index is 12.4. The molecule has 0 bridgehead atoms. The van der Waals surface area contributed by atoms with E-state index < -0.39 is 0 Å². The van der Waals surface area contributed by atoms with Gasteiger partial charge in [0.2, 0.25) is 0 Å². The first-order valence-corrected chi connectivity index (χ1v) is 6.64. The highest BCUT2D eigenvalue weighted by molar-refractivity contribution is 5.94. The van der Waals surface area contributed by atoms with Gasteiger partial charge in [0.15, 0.2) is 0 Å². The van der Waals surface area contributed by atoms with Gasteiger partial charge in [-0.2, -0.15) is 0 Å². The van der Waals surface area contributed by atoms with Crippen molar-refractivity contribution in [1.29, 1.82) is 0 Å². The predicted molar refractivity (Wildman–Crippen MR) is 73.3 cm³/mol. The Bertz CT molecular complexity index is 472. The Kier molecular flexibility index (Phi) is 4.10. The molecule has 1 N–H and O–H groups in total. The van der Waals surface area contributed by atoms with Crippen molar-refractivity contribution in [2.45, 2.75) is 26.4 Å². The Morgan fingerprint density at radius 1 is 1.47 bits per heavy atom. The lowest BCUT2D eigenvalue weighted by Gasteiger charge is -2.36. The number of amides is 1. The van der Waals surface area contributed by atoms with Crippen molar-refractivity contribution < 1.29 is 14.6 Å². The van der Waals surface area contributed by atoms with Crippen LogP contribution in [0.5, 0.6) is 5.75 Å². The fourth-order valence-corrected chi connectivity index (χ4v) is 2.50. The highest BCUT2D eigenvalue weighted by atomic mass is 16.5. The fourth-order valence-electron chi connectivity index (χ4n) is 2.50. The molecule has 19 heavy (non-hydrogen) atoms. The molecule has 2 atom stereocenters. The first-order valence-electron chi connectivity index (χ1n) is 6.64. The van der Waals surface area contributed by atoms with Crippen LogP contribution in [0.15, 0.2) is 18.2 Å². The maximum Gasteiger partial charge on any atom is 0.253 e. The van der Waals surface area contributed by atoms with E-state index in [1.807, 2.05) is 4.90 Å². The molecule has 1 aliphatic heterocycles. The molecule has 1 heterocycles. The van der Waals surface area contributed by atoms with Gasteiger partial charge in [-0.3, -0.25) is 4.79 Å². The van der Waals surface area contributed by atoms with Crippen LogP contribution in [-0.2, 0) is 4.74 Å². The summed E-state index contributed by atoms with van der Waals surface area (Å²) >= 11 is 0. The fraction of sp³-hybridized carbons (Fsp3) is 0.533. The SMILES string of the molecule is COC1CN(C(=O)c2ccc(O)c(C)c2)CCC1C. The Balaban J connectivity index is 2.13. The molecule has 1 aliphatic rings. The quantitative estimate of drug-likeness (QED) is 0.890. The molecule has 1 aromatic carbocycles. The normalized spacial score (nSPS) is 23.4. The summed E-state index contributed by atoms with van der Waals surface area (Å²) in [5, 5.41) is 9.51. The van der Waals surface area contributed by atoms with Crippen molar-refractivity contribution in [3.63, 3.8) is 0 Å². The average Bonchev–Trinajstić information content (AvgIpc) is 2.41. The van der Waals surface area contributed by atoms with Gasteiger partial charge < -0.3 is 14.7 Å². The second-order valence-electron chi connectivity index (χ2n) is 5.29. The zero-order valence-corrected chi connectivity index (χ0v) is 11.7. The minimum Gasteiger partial charge on any atom is -0.508 e. The summed E-state index contributed by atoms with van der Waals surface area (Å²) in [6.07, 6.45) is 1.07. The van der Waals surface area contributed by atoms with E-state index >= 15 is 0 Å². The predicted octanol–water partition coefficient (Wildman–Crippen LogP) is 2.20. The van der Waals surface area contributed by atoms with Crippen LogP contribution in [-0.4, -0.2) is 42.2 Å². The summed E-state index contributed by atoms with van der Waals surface area (Å²) in [6, 6.07) is 4.98. The lowest BCUT2D eigenvalue weighted by Crippen LogP contribution is -2.46. The van der Waals surface area contributed by atoms with Gasteiger partial charge in [-0.15, -0.1) is 0 Å². The van der Waals surface area contributed by atoms with E-state index in [0.717, 1.165) is 18.5 Å². The molecule has 0 spiro atoms. The molecule has 1 saturated heterocycles. The number of carbonyl (C=O) groups excluding carboxylic acids is 1. The molecule has 4 nitrogen and oxygen atoms in total. The number of piperidine rings is 1. The number of ether oxygens (including phenoxy) is 1. The number of methoxy groups -OCH3 is 1. The van der Waals surface area contributed by atoms with Gasteiger partial charge in [-0.05, 0) is 43.0 Å². The molecule has 0 saturated carbocycles. The van der Waals surface area contributed by atoms with Crippen molar-refractivity contribution >= 4 is 5.91 Å². The summed E-state index contributed by atoms with van der Waals surface area (Å²) in [4.78, 5) is 14.3. The second kappa shape index (κ2) is 5.61. The summed E-state index contributed by atoms with van der Waals surface area (Å²) < 4.78 is 5.43. The third-order valence-electron chi connectivity index (χ3n) is 3.92. The van der Waals surface area contributed by atoms with Crippen LogP contribution < -0.4 is 0 Å². The minimum absolute atomic E-state index is 0.0112. The van der Waals surface area contributed by atoms with Gasteiger partial charge in [0, 0.05) is 25.8 Å². The van der Waals surface area contributed by atoms with Crippen LogP contribution in [0.4, 0.5) is 0 Å². The molecule has 2 rings (SSSR count). The van der Waals surface area contributed by atoms with E-state index in [0.29, 0.717) is 18.0 Å². The van der Waals surface area contributed by atoms with E-state index in [2.05, 4.69) is 6.92 Å². The molecule has 0 radical (unpaired) electrons. The van der Waals surface area contributed by atoms with Gasteiger partial charge in [0.1, 0.15) is 5.75 Å². The van der Waals surface area contributed by atoms with Crippen molar-refractivity contribution in [3.05, 3.63) is 29.3 Å². The number of aryl methyl sites for hydroxylation is 1. The summed E-state index contributed by atoms with van der Waals surface area (Å²) in [5.41, 5.74) is 1.35.